The van der Waals surface area contributed by atoms with Crippen LogP contribution < -0.4 is 5.32 Å². The Kier molecular flexibility index (Phi) is 8.18. The first-order valence-electron chi connectivity index (χ1n) is 10.5. The van der Waals surface area contributed by atoms with Gasteiger partial charge in [-0.05, 0) is 30.5 Å². The number of carboxylic acid groups (broad SMARTS) is 1. The molecule has 3 amide bonds. The molecule has 1 aromatic heterocycles. The monoisotopic (exact) mass is 473 g/mol. The van der Waals surface area contributed by atoms with E-state index in [1.807, 2.05) is 13.0 Å². The van der Waals surface area contributed by atoms with Crippen molar-refractivity contribution in [3.05, 3.63) is 57.8 Å². The number of carbonyl (C=O) groups excluding carboxylic acids is 3. The lowest BCUT2D eigenvalue weighted by atomic mass is 10.1. The van der Waals surface area contributed by atoms with Crippen molar-refractivity contribution in [2.45, 2.75) is 25.4 Å². The van der Waals surface area contributed by atoms with E-state index in [-0.39, 0.29) is 44.5 Å². The Bertz CT molecular complexity index is 1010. The molecule has 10 heteroatoms. The second-order valence-corrected chi connectivity index (χ2v) is 8.81. The van der Waals surface area contributed by atoms with Gasteiger partial charge in [-0.2, -0.15) is 0 Å². The number of nitrogens with one attached hydrogen (secondary N) is 1. The quantitative estimate of drug-likeness (QED) is 0.603. The minimum atomic E-state index is -1.05. The lowest BCUT2D eigenvalue weighted by molar-refractivity contribution is -0.146. The van der Waals surface area contributed by atoms with E-state index in [1.165, 1.54) is 23.3 Å². The van der Waals surface area contributed by atoms with E-state index in [1.54, 1.807) is 40.6 Å². The number of thiophene rings is 1. The summed E-state index contributed by atoms with van der Waals surface area (Å²) >= 11 is 1.34. The zero-order chi connectivity index (χ0) is 24.0. The van der Waals surface area contributed by atoms with Crippen LogP contribution in [0.25, 0.3) is 0 Å². The summed E-state index contributed by atoms with van der Waals surface area (Å²) in [5.41, 5.74) is 1.45. The summed E-state index contributed by atoms with van der Waals surface area (Å²) < 4.78 is 4.95. The van der Waals surface area contributed by atoms with Gasteiger partial charge in [-0.3, -0.25) is 19.2 Å². The van der Waals surface area contributed by atoms with Crippen molar-refractivity contribution in [2.24, 2.45) is 0 Å². The molecule has 2 unspecified atom stereocenters. The van der Waals surface area contributed by atoms with Crippen LogP contribution >= 0.6 is 11.3 Å². The predicted octanol–water partition coefficient (Wildman–Crippen LogP) is 1.69. The molecule has 1 saturated heterocycles. The highest BCUT2D eigenvalue weighted by atomic mass is 32.1. The van der Waals surface area contributed by atoms with Gasteiger partial charge in [0.2, 0.25) is 11.8 Å². The third-order valence-electron chi connectivity index (χ3n) is 5.41. The molecule has 1 aliphatic rings. The number of aryl methyl sites for hydroxylation is 1. The number of carbonyl (C=O) groups is 4. The van der Waals surface area contributed by atoms with Gasteiger partial charge in [0.1, 0.15) is 12.6 Å². The first-order chi connectivity index (χ1) is 15.8. The van der Waals surface area contributed by atoms with Gasteiger partial charge in [-0.15, -0.1) is 11.3 Å². The van der Waals surface area contributed by atoms with E-state index in [2.05, 4.69) is 5.32 Å². The first-order valence-corrected chi connectivity index (χ1v) is 11.4. The summed E-state index contributed by atoms with van der Waals surface area (Å²) in [5.74, 6) is -2.16. The van der Waals surface area contributed by atoms with Crippen molar-refractivity contribution < 1.29 is 29.0 Å². The minimum absolute atomic E-state index is 0.00169. The maximum absolute atomic E-state index is 13.3. The normalized spacial score (nSPS) is 16.8. The lowest BCUT2D eigenvalue weighted by Gasteiger charge is -2.41. The number of carboxylic acids is 1. The Morgan fingerprint density at radius 3 is 2.64 bits per heavy atom. The first kappa shape index (κ1) is 24.4. The number of ether oxygens (including phenoxy) is 1. The average Bonchev–Trinajstić information content (AvgIpc) is 3.32. The van der Waals surface area contributed by atoms with Crippen LogP contribution in [0.4, 0.5) is 0 Å². The van der Waals surface area contributed by atoms with Crippen molar-refractivity contribution in [3.63, 3.8) is 0 Å². The molecule has 176 valence electrons. The topological polar surface area (TPSA) is 116 Å². The van der Waals surface area contributed by atoms with E-state index in [0.717, 1.165) is 5.56 Å². The van der Waals surface area contributed by atoms with Gasteiger partial charge >= 0.3 is 5.97 Å². The second kappa shape index (κ2) is 11.1. The number of piperazine rings is 1. The molecule has 2 atom stereocenters. The summed E-state index contributed by atoms with van der Waals surface area (Å²) in [6.07, 6.45) is -0.295. The van der Waals surface area contributed by atoms with E-state index in [0.29, 0.717) is 10.4 Å². The van der Waals surface area contributed by atoms with Crippen LogP contribution in [0, 0.1) is 6.92 Å². The molecular formula is C23H27N3O6S. The van der Waals surface area contributed by atoms with Crippen molar-refractivity contribution >= 4 is 35.0 Å². The number of methoxy groups -OCH3 is 1. The third-order valence-corrected chi connectivity index (χ3v) is 6.39. The molecule has 2 heterocycles. The summed E-state index contributed by atoms with van der Waals surface area (Å²) in [6, 6.07) is 9.00. The molecule has 0 bridgehead atoms. The Labute approximate surface area is 195 Å². The largest absolute Gasteiger partial charge is 0.481 e. The van der Waals surface area contributed by atoms with E-state index >= 15 is 0 Å². The SMILES string of the molecule is COCC(=O)N1CCN(C(=O)c2cccc(C)c2)CC1C(=O)NC(CC(=O)O)c1cccs1. The highest BCUT2D eigenvalue weighted by Crippen LogP contribution is 2.23. The maximum atomic E-state index is 13.3. The Morgan fingerprint density at radius 2 is 2.00 bits per heavy atom. The van der Waals surface area contributed by atoms with Crippen LogP contribution in [0.1, 0.15) is 33.3 Å². The minimum Gasteiger partial charge on any atom is -0.481 e. The van der Waals surface area contributed by atoms with Gasteiger partial charge in [-0.25, -0.2) is 0 Å². The van der Waals surface area contributed by atoms with Crippen LogP contribution in [0.2, 0.25) is 0 Å². The smallest absolute Gasteiger partial charge is 0.305 e. The molecule has 3 rings (SSSR count). The van der Waals surface area contributed by atoms with Gasteiger partial charge in [0.25, 0.3) is 5.91 Å². The summed E-state index contributed by atoms with van der Waals surface area (Å²) in [6.45, 7) is 2.13. The molecule has 0 aliphatic carbocycles. The van der Waals surface area contributed by atoms with E-state index in [9.17, 15) is 24.3 Å². The predicted molar refractivity (Wildman–Crippen MR) is 122 cm³/mol. The van der Waals surface area contributed by atoms with Crippen LogP contribution in [0.3, 0.4) is 0 Å². The number of aliphatic carboxylic acids is 1. The Morgan fingerprint density at radius 1 is 1.21 bits per heavy atom. The molecule has 33 heavy (non-hydrogen) atoms. The van der Waals surface area contributed by atoms with E-state index in [4.69, 9.17) is 4.74 Å². The van der Waals surface area contributed by atoms with Crippen LogP contribution in [0.15, 0.2) is 41.8 Å². The summed E-state index contributed by atoms with van der Waals surface area (Å²) in [7, 11) is 1.39. The van der Waals surface area contributed by atoms with Crippen molar-refractivity contribution in [2.75, 3.05) is 33.4 Å². The summed E-state index contributed by atoms with van der Waals surface area (Å²) in [4.78, 5) is 54.0. The molecular weight excluding hydrogens is 446 g/mol. The number of benzene rings is 1. The Balaban J connectivity index is 1.82. The molecule has 2 N–H and O–H groups in total. The lowest BCUT2D eigenvalue weighted by Crippen LogP contribution is -2.62. The van der Waals surface area contributed by atoms with Gasteiger partial charge in [-0.1, -0.05) is 23.8 Å². The number of hydrogen-bond donors (Lipinski definition) is 2. The van der Waals surface area contributed by atoms with Gasteiger partial charge in [0, 0.05) is 30.6 Å². The standard InChI is InChI=1S/C23H27N3O6S/c1-15-5-3-6-16(11-15)23(31)25-8-9-26(20(27)14-32-2)18(13-25)22(30)24-17(12-21(28)29)19-7-4-10-33-19/h3-7,10-11,17-18H,8-9,12-14H2,1-2H3,(H,24,30)(H,28,29). The molecule has 1 aliphatic heterocycles. The molecule has 0 saturated carbocycles. The Hall–Kier alpha value is -3.24. The fourth-order valence-corrected chi connectivity index (χ4v) is 4.59. The van der Waals surface area contributed by atoms with Crippen LogP contribution in [0.5, 0.6) is 0 Å². The fraction of sp³-hybridized carbons (Fsp3) is 0.391. The highest BCUT2D eigenvalue weighted by molar-refractivity contribution is 7.10. The van der Waals surface area contributed by atoms with Gasteiger partial charge < -0.3 is 25.0 Å². The molecule has 9 nitrogen and oxygen atoms in total. The van der Waals surface area contributed by atoms with Gasteiger partial charge in [0.15, 0.2) is 0 Å². The zero-order valence-corrected chi connectivity index (χ0v) is 19.3. The van der Waals surface area contributed by atoms with Gasteiger partial charge in [0.05, 0.1) is 19.0 Å². The van der Waals surface area contributed by atoms with E-state index < -0.39 is 24.0 Å². The summed E-state index contributed by atoms with van der Waals surface area (Å²) in [5, 5.41) is 13.9. The third kappa shape index (κ3) is 6.17. The van der Waals surface area contributed by atoms with Crippen molar-refractivity contribution in [1.82, 2.24) is 15.1 Å². The number of amides is 3. The highest BCUT2D eigenvalue weighted by Gasteiger charge is 2.38. The second-order valence-electron chi connectivity index (χ2n) is 7.83. The fourth-order valence-electron chi connectivity index (χ4n) is 3.81. The number of rotatable bonds is 8. The number of hydrogen-bond acceptors (Lipinski definition) is 6. The molecule has 0 spiro atoms. The van der Waals surface area contributed by atoms with Crippen LogP contribution in [-0.2, 0) is 19.1 Å². The van der Waals surface area contributed by atoms with Crippen molar-refractivity contribution in [3.8, 4) is 0 Å². The van der Waals surface area contributed by atoms with Crippen LogP contribution in [-0.4, -0.2) is 78.0 Å². The van der Waals surface area contributed by atoms with Crippen molar-refractivity contribution in [1.29, 1.82) is 0 Å². The molecule has 0 radical (unpaired) electrons. The molecule has 1 fully saturated rings. The average molecular weight is 474 g/mol. The zero-order valence-electron chi connectivity index (χ0n) is 18.5. The molecule has 1 aromatic carbocycles. The molecule has 2 aromatic rings. The maximum Gasteiger partial charge on any atom is 0.305 e. The number of nitrogens with zero attached hydrogens (tertiary/aromatic N) is 2.